The van der Waals surface area contributed by atoms with Gasteiger partial charge in [-0.05, 0) is 20.0 Å². The van der Waals surface area contributed by atoms with Gasteiger partial charge in [0.05, 0.1) is 0 Å². The molecule has 0 unspecified atom stereocenters. The minimum Gasteiger partial charge on any atom is -0.344 e. The van der Waals surface area contributed by atoms with Gasteiger partial charge in [-0.1, -0.05) is 13.8 Å². The van der Waals surface area contributed by atoms with Crippen LogP contribution in [0.25, 0.3) is 0 Å². The van der Waals surface area contributed by atoms with Crippen LogP contribution in [0, 0.1) is 5.92 Å². The van der Waals surface area contributed by atoms with Gasteiger partial charge in [0.1, 0.15) is 18.2 Å². The van der Waals surface area contributed by atoms with E-state index >= 15 is 0 Å². The van der Waals surface area contributed by atoms with Gasteiger partial charge in [-0.15, -0.1) is 0 Å². The monoisotopic (exact) mass is 224 g/mol. The molecule has 0 bridgehead atoms. The van der Waals surface area contributed by atoms with Crippen molar-refractivity contribution >= 4 is 5.84 Å². The van der Waals surface area contributed by atoms with Crippen molar-refractivity contribution in [1.29, 1.82) is 0 Å². The first kappa shape index (κ1) is 11.9. The maximum absolute atomic E-state index is 4.89. The maximum atomic E-state index is 4.89. The number of hydrogen-bond acceptors (Lipinski definition) is 4. The van der Waals surface area contributed by atoms with Gasteiger partial charge in [0.2, 0.25) is 0 Å². The molecule has 0 aromatic rings. The Bertz CT molecular complexity index is 287. The number of rotatable bonds is 2. The summed E-state index contributed by atoms with van der Waals surface area (Å²) in [5, 5.41) is 0. The quantitative estimate of drug-likeness (QED) is 0.696. The van der Waals surface area contributed by atoms with E-state index in [1.54, 1.807) is 0 Å². The van der Waals surface area contributed by atoms with Crippen LogP contribution in [0.5, 0.6) is 0 Å². The molecule has 2 rings (SSSR count). The molecule has 0 aliphatic carbocycles. The fourth-order valence-electron chi connectivity index (χ4n) is 2.65. The van der Waals surface area contributed by atoms with Crippen molar-refractivity contribution < 1.29 is 0 Å². The molecule has 1 saturated heterocycles. The summed E-state index contributed by atoms with van der Waals surface area (Å²) in [5.74, 6) is 1.95. The molecule has 0 aromatic heterocycles. The van der Waals surface area contributed by atoms with Crippen LogP contribution in [-0.4, -0.2) is 67.1 Å². The molecule has 0 spiro atoms. The van der Waals surface area contributed by atoms with E-state index in [0.717, 1.165) is 19.5 Å². The molecule has 1 fully saturated rings. The van der Waals surface area contributed by atoms with Gasteiger partial charge in [-0.2, -0.15) is 0 Å². The van der Waals surface area contributed by atoms with Gasteiger partial charge in [-0.25, -0.2) is 4.99 Å². The second kappa shape index (κ2) is 4.34. The fourth-order valence-corrected chi connectivity index (χ4v) is 2.65. The Balaban J connectivity index is 2.16. The molecule has 4 nitrogen and oxygen atoms in total. The molecule has 2 heterocycles. The number of likely N-dealkylation sites (N-methyl/N-ethyl adjacent to an activating group) is 3. The predicted octanol–water partition coefficient (Wildman–Crippen LogP) is 0.906. The number of nitrogens with zero attached hydrogens (tertiary/aromatic N) is 4. The van der Waals surface area contributed by atoms with Crippen LogP contribution in [0.15, 0.2) is 4.99 Å². The van der Waals surface area contributed by atoms with E-state index in [0.29, 0.717) is 18.2 Å². The SMILES string of the molecule is CC(C)CC1=N[C@@H]2[C@@H](N(C)CCN2C)N1C. The van der Waals surface area contributed by atoms with Gasteiger partial charge >= 0.3 is 0 Å². The van der Waals surface area contributed by atoms with Crippen molar-refractivity contribution in [3.8, 4) is 0 Å². The molecule has 2 aliphatic rings. The number of amidine groups is 1. The van der Waals surface area contributed by atoms with E-state index in [4.69, 9.17) is 4.99 Å². The highest BCUT2D eigenvalue weighted by Crippen LogP contribution is 2.26. The molecule has 0 N–H and O–H groups in total. The van der Waals surface area contributed by atoms with E-state index in [9.17, 15) is 0 Å². The van der Waals surface area contributed by atoms with Crippen molar-refractivity contribution in [2.45, 2.75) is 32.6 Å². The Morgan fingerprint density at radius 2 is 1.81 bits per heavy atom. The zero-order chi connectivity index (χ0) is 11.9. The third-order valence-corrected chi connectivity index (χ3v) is 3.65. The van der Waals surface area contributed by atoms with Gasteiger partial charge in [-0.3, -0.25) is 9.80 Å². The zero-order valence-corrected chi connectivity index (χ0v) is 11.1. The molecule has 2 atom stereocenters. The maximum Gasteiger partial charge on any atom is 0.138 e. The summed E-state index contributed by atoms with van der Waals surface area (Å²) in [7, 11) is 6.57. The average Bonchev–Trinajstić information content (AvgIpc) is 2.51. The van der Waals surface area contributed by atoms with E-state index < -0.39 is 0 Å². The van der Waals surface area contributed by atoms with Gasteiger partial charge < -0.3 is 4.90 Å². The normalized spacial score (nSPS) is 32.1. The van der Waals surface area contributed by atoms with Gasteiger partial charge in [0, 0.05) is 26.6 Å². The lowest BCUT2D eigenvalue weighted by Gasteiger charge is -2.42. The summed E-state index contributed by atoms with van der Waals surface area (Å²) in [6.07, 6.45) is 1.86. The number of hydrogen-bond donors (Lipinski definition) is 0. The minimum absolute atomic E-state index is 0.331. The van der Waals surface area contributed by atoms with Crippen LogP contribution < -0.4 is 0 Å². The highest BCUT2D eigenvalue weighted by molar-refractivity contribution is 5.84. The number of aliphatic imine (C=N–C) groups is 1. The fraction of sp³-hybridized carbons (Fsp3) is 0.917. The summed E-state index contributed by atoms with van der Waals surface area (Å²) in [6, 6.07) is 0. The lowest BCUT2D eigenvalue weighted by molar-refractivity contribution is 0.0151. The van der Waals surface area contributed by atoms with Crippen LogP contribution in [0.3, 0.4) is 0 Å². The molecule has 16 heavy (non-hydrogen) atoms. The summed E-state index contributed by atoms with van der Waals surface area (Å²) >= 11 is 0. The first-order valence-corrected chi connectivity index (χ1v) is 6.20. The molecule has 4 heteroatoms. The summed E-state index contributed by atoms with van der Waals surface area (Å²) in [6.45, 7) is 6.76. The Morgan fingerprint density at radius 3 is 2.38 bits per heavy atom. The lowest BCUT2D eigenvalue weighted by atomic mass is 10.1. The van der Waals surface area contributed by atoms with Gasteiger partial charge in [0.15, 0.2) is 0 Å². The van der Waals surface area contributed by atoms with Crippen LogP contribution in [0.2, 0.25) is 0 Å². The third kappa shape index (κ3) is 1.96. The van der Waals surface area contributed by atoms with E-state index in [1.807, 2.05) is 0 Å². The largest absolute Gasteiger partial charge is 0.344 e. The molecule has 0 radical (unpaired) electrons. The zero-order valence-electron chi connectivity index (χ0n) is 11.1. The van der Waals surface area contributed by atoms with Crippen LogP contribution >= 0.6 is 0 Å². The van der Waals surface area contributed by atoms with Crippen molar-refractivity contribution in [2.75, 3.05) is 34.2 Å². The highest BCUT2D eigenvalue weighted by atomic mass is 15.5. The van der Waals surface area contributed by atoms with Crippen LogP contribution in [0.4, 0.5) is 0 Å². The lowest BCUT2D eigenvalue weighted by Crippen LogP contribution is -2.59. The average molecular weight is 224 g/mol. The Kier molecular flexibility index (Phi) is 3.22. The summed E-state index contributed by atoms with van der Waals surface area (Å²) < 4.78 is 0. The molecule has 2 aliphatic heterocycles. The topological polar surface area (TPSA) is 22.1 Å². The molecule has 0 amide bonds. The molecular weight excluding hydrogens is 200 g/mol. The standard InChI is InChI=1S/C12H24N4/c1-9(2)8-10-13-11-12(16(10)5)15(4)7-6-14(11)3/h9,11-12H,6-8H2,1-5H3/t11-,12-/m0/s1. The Labute approximate surface area is 98.9 Å². The first-order chi connectivity index (χ1) is 7.50. The molecule has 0 aromatic carbocycles. The van der Waals surface area contributed by atoms with Crippen LogP contribution in [-0.2, 0) is 0 Å². The van der Waals surface area contributed by atoms with E-state index in [1.165, 1.54) is 5.84 Å². The van der Waals surface area contributed by atoms with Crippen LogP contribution in [0.1, 0.15) is 20.3 Å². The molecule has 92 valence electrons. The summed E-state index contributed by atoms with van der Waals surface area (Å²) in [4.78, 5) is 12.0. The van der Waals surface area contributed by atoms with E-state index in [-0.39, 0.29) is 0 Å². The number of fused-ring (bicyclic) bond motifs is 1. The van der Waals surface area contributed by atoms with Gasteiger partial charge in [0.25, 0.3) is 0 Å². The second-order valence-electron chi connectivity index (χ2n) is 5.54. The Hall–Kier alpha value is -0.610. The molecular formula is C12H24N4. The minimum atomic E-state index is 0.331. The smallest absolute Gasteiger partial charge is 0.138 e. The third-order valence-electron chi connectivity index (χ3n) is 3.65. The molecule has 0 saturated carbocycles. The Morgan fingerprint density at radius 1 is 1.19 bits per heavy atom. The predicted molar refractivity (Wildman–Crippen MR) is 67.5 cm³/mol. The van der Waals surface area contributed by atoms with Crippen molar-refractivity contribution in [2.24, 2.45) is 10.9 Å². The van der Waals surface area contributed by atoms with E-state index in [2.05, 4.69) is 49.7 Å². The highest BCUT2D eigenvalue weighted by Gasteiger charge is 2.41. The van der Waals surface area contributed by atoms with Crippen molar-refractivity contribution in [3.05, 3.63) is 0 Å². The second-order valence-corrected chi connectivity index (χ2v) is 5.54. The van der Waals surface area contributed by atoms with Crippen molar-refractivity contribution in [3.63, 3.8) is 0 Å². The summed E-state index contributed by atoms with van der Waals surface area (Å²) in [5.41, 5.74) is 0. The number of piperazine rings is 1. The first-order valence-electron chi connectivity index (χ1n) is 6.20. The van der Waals surface area contributed by atoms with Crippen molar-refractivity contribution in [1.82, 2.24) is 14.7 Å².